The van der Waals surface area contributed by atoms with E-state index in [9.17, 15) is 9.18 Å². The molecule has 32 heavy (non-hydrogen) atoms. The number of fused-ring (bicyclic) bond motifs is 1. The second-order valence-corrected chi connectivity index (χ2v) is 8.48. The fourth-order valence-electron chi connectivity index (χ4n) is 4.61. The third-order valence-corrected chi connectivity index (χ3v) is 6.51. The normalized spacial score (nSPS) is 19.9. The van der Waals surface area contributed by atoms with Gasteiger partial charge in [0.2, 0.25) is 0 Å². The number of ketones is 1. The Kier molecular flexibility index (Phi) is 5.35. The van der Waals surface area contributed by atoms with E-state index in [-0.39, 0.29) is 17.3 Å². The molecular weight excluding hydrogens is 427 g/mol. The molecule has 5 rings (SSSR count). The summed E-state index contributed by atoms with van der Waals surface area (Å²) in [5.41, 5.74) is 4.33. The number of anilines is 2. The van der Waals surface area contributed by atoms with Crippen LogP contribution in [0.3, 0.4) is 0 Å². The zero-order chi connectivity index (χ0) is 22.2. The van der Waals surface area contributed by atoms with Crippen LogP contribution in [0.2, 0.25) is 5.02 Å². The highest BCUT2D eigenvalue weighted by atomic mass is 35.5. The fraction of sp³-hybridized carbons (Fsp3) is 0.192. The number of allylic oxidation sites excluding steroid dienone is 1. The Balaban J connectivity index is 1.62. The molecule has 0 saturated carbocycles. The fourth-order valence-corrected chi connectivity index (χ4v) is 4.88. The van der Waals surface area contributed by atoms with E-state index in [1.807, 2.05) is 48.5 Å². The van der Waals surface area contributed by atoms with Crippen molar-refractivity contribution < 1.29 is 13.9 Å². The van der Waals surface area contributed by atoms with Crippen molar-refractivity contribution in [3.05, 3.63) is 100.0 Å². The first kappa shape index (κ1) is 20.6. The van der Waals surface area contributed by atoms with Crippen LogP contribution in [0.15, 0.2) is 78.0 Å². The number of rotatable bonds is 3. The van der Waals surface area contributed by atoms with Gasteiger partial charge in [-0.25, -0.2) is 4.39 Å². The van der Waals surface area contributed by atoms with Gasteiger partial charge in [0, 0.05) is 28.3 Å². The number of methoxy groups -OCH3 is 1. The summed E-state index contributed by atoms with van der Waals surface area (Å²) in [4.78, 5) is 13.5. The van der Waals surface area contributed by atoms with E-state index in [1.54, 1.807) is 19.2 Å². The summed E-state index contributed by atoms with van der Waals surface area (Å²) in [5, 5.41) is 7.12. The second-order valence-electron chi connectivity index (χ2n) is 8.08. The maximum Gasteiger partial charge on any atom is 0.163 e. The highest BCUT2D eigenvalue weighted by molar-refractivity contribution is 6.31. The molecule has 1 heterocycles. The third-order valence-electron chi connectivity index (χ3n) is 6.18. The van der Waals surface area contributed by atoms with Crippen molar-refractivity contribution in [1.82, 2.24) is 0 Å². The molecule has 0 spiro atoms. The van der Waals surface area contributed by atoms with Crippen molar-refractivity contribution in [3.63, 3.8) is 0 Å². The van der Waals surface area contributed by atoms with Crippen molar-refractivity contribution in [2.24, 2.45) is 0 Å². The monoisotopic (exact) mass is 448 g/mol. The minimum atomic E-state index is -0.681. The van der Waals surface area contributed by atoms with E-state index < -0.39 is 11.9 Å². The number of carbonyl (C=O) groups excluding carboxylic acids is 1. The van der Waals surface area contributed by atoms with Gasteiger partial charge in [-0.2, -0.15) is 0 Å². The first-order chi connectivity index (χ1) is 15.5. The molecule has 0 unspecified atom stereocenters. The molecule has 0 bridgehead atoms. The zero-order valence-electron chi connectivity index (χ0n) is 17.5. The van der Waals surface area contributed by atoms with E-state index in [4.69, 9.17) is 16.3 Å². The van der Waals surface area contributed by atoms with Gasteiger partial charge in [-0.3, -0.25) is 4.79 Å². The Morgan fingerprint density at radius 2 is 1.72 bits per heavy atom. The first-order valence-corrected chi connectivity index (χ1v) is 10.9. The van der Waals surface area contributed by atoms with Crippen LogP contribution < -0.4 is 15.4 Å². The molecule has 3 aromatic carbocycles. The molecule has 2 N–H and O–H groups in total. The smallest absolute Gasteiger partial charge is 0.163 e. The van der Waals surface area contributed by atoms with Crippen molar-refractivity contribution in [2.45, 2.75) is 24.8 Å². The SMILES string of the molecule is COc1ccc([C@H]2CC(=O)C3=C(C2)Nc2ccccc2N[C@@H]3c2c(F)cccc2Cl)cc1. The Morgan fingerprint density at radius 3 is 2.44 bits per heavy atom. The van der Waals surface area contributed by atoms with E-state index in [0.29, 0.717) is 23.4 Å². The molecule has 0 aromatic heterocycles. The van der Waals surface area contributed by atoms with Crippen LogP contribution in [-0.4, -0.2) is 12.9 Å². The standard InChI is InChI=1S/C26H22ClFN2O2/c1-32-17-11-9-15(10-12-17)16-13-22-25(23(31)14-16)26(24-18(27)5-4-6-19(24)28)30-21-8-3-2-7-20(21)29-22/h2-12,16,26,29-30H,13-14H2,1H3/t16-,26-/m1/s1. The quantitative estimate of drug-likeness (QED) is 0.482. The molecule has 162 valence electrons. The van der Waals surface area contributed by atoms with Gasteiger partial charge in [-0.15, -0.1) is 0 Å². The number of carbonyl (C=O) groups is 1. The average Bonchev–Trinajstić information content (AvgIpc) is 2.96. The number of ether oxygens (including phenoxy) is 1. The topological polar surface area (TPSA) is 50.4 Å². The van der Waals surface area contributed by atoms with Crippen LogP contribution in [0.25, 0.3) is 0 Å². The summed E-state index contributed by atoms with van der Waals surface area (Å²) >= 11 is 6.43. The van der Waals surface area contributed by atoms with Crippen LogP contribution in [0, 0.1) is 5.82 Å². The van der Waals surface area contributed by atoms with Crippen molar-refractivity contribution in [3.8, 4) is 5.75 Å². The van der Waals surface area contributed by atoms with Crippen molar-refractivity contribution >= 4 is 28.8 Å². The van der Waals surface area contributed by atoms with Crippen molar-refractivity contribution in [2.75, 3.05) is 17.7 Å². The molecule has 1 aliphatic heterocycles. The Labute approximate surface area is 191 Å². The van der Waals surface area contributed by atoms with Gasteiger partial charge in [-0.1, -0.05) is 41.9 Å². The van der Waals surface area contributed by atoms with E-state index in [2.05, 4.69) is 10.6 Å². The first-order valence-electron chi connectivity index (χ1n) is 10.5. The molecular formula is C26H22ClFN2O2. The van der Waals surface area contributed by atoms with Gasteiger partial charge in [0.15, 0.2) is 5.78 Å². The summed E-state index contributed by atoms with van der Waals surface area (Å²) < 4.78 is 20.2. The summed E-state index contributed by atoms with van der Waals surface area (Å²) in [6.45, 7) is 0. The van der Waals surface area contributed by atoms with Gasteiger partial charge in [0.05, 0.1) is 24.5 Å². The summed E-state index contributed by atoms with van der Waals surface area (Å²) in [6, 6.07) is 19.4. The molecule has 2 atom stereocenters. The lowest BCUT2D eigenvalue weighted by Crippen LogP contribution is -2.27. The lowest BCUT2D eigenvalue weighted by molar-refractivity contribution is -0.116. The number of hydrogen-bond acceptors (Lipinski definition) is 4. The minimum absolute atomic E-state index is 0.0154. The Morgan fingerprint density at radius 1 is 0.969 bits per heavy atom. The lowest BCUT2D eigenvalue weighted by Gasteiger charge is -2.30. The molecule has 3 aromatic rings. The van der Waals surface area contributed by atoms with Gasteiger partial charge in [0.25, 0.3) is 0 Å². The van der Waals surface area contributed by atoms with Crippen LogP contribution in [0.4, 0.5) is 15.8 Å². The Hall–Kier alpha value is -3.31. The number of hydrogen-bond donors (Lipinski definition) is 2. The van der Waals surface area contributed by atoms with Crippen LogP contribution in [-0.2, 0) is 4.79 Å². The van der Waals surface area contributed by atoms with Gasteiger partial charge in [-0.05, 0) is 54.3 Å². The highest BCUT2D eigenvalue weighted by Crippen LogP contribution is 2.45. The van der Waals surface area contributed by atoms with E-state index in [1.165, 1.54) is 6.07 Å². The van der Waals surface area contributed by atoms with Crippen LogP contribution >= 0.6 is 11.6 Å². The largest absolute Gasteiger partial charge is 0.497 e. The molecule has 1 aliphatic carbocycles. The maximum atomic E-state index is 15.0. The van der Waals surface area contributed by atoms with E-state index >= 15 is 0 Å². The lowest BCUT2D eigenvalue weighted by atomic mass is 9.78. The Bertz CT molecular complexity index is 1200. The van der Waals surface area contributed by atoms with E-state index in [0.717, 1.165) is 28.4 Å². The van der Waals surface area contributed by atoms with Gasteiger partial charge >= 0.3 is 0 Å². The number of Topliss-reactive ketones (excluding diaryl/α,β-unsaturated/α-hetero) is 1. The summed E-state index contributed by atoms with van der Waals surface area (Å²) in [5.74, 6) is 0.327. The number of nitrogens with one attached hydrogen (secondary N) is 2. The molecule has 2 aliphatic rings. The molecule has 6 heteroatoms. The van der Waals surface area contributed by atoms with Gasteiger partial charge in [0.1, 0.15) is 11.6 Å². The molecule has 0 fully saturated rings. The number of benzene rings is 3. The summed E-state index contributed by atoms with van der Waals surface area (Å²) in [6.07, 6.45) is 0.972. The predicted molar refractivity (Wildman–Crippen MR) is 125 cm³/mol. The minimum Gasteiger partial charge on any atom is -0.497 e. The van der Waals surface area contributed by atoms with Crippen molar-refractivity contribution in [1.29, 1.82) is 0 Å². The second kappa shape index (κ2) is 8.32. The van der Waals surface area contributed by atoms with Crippen LogP contribution in [0.5, 0.6) is 5.75 Å². The molecule has 4 nitrogen and oxygen atoms in total. The van der Waals surface area contributed by atoms with Crippen LogP contribution in [0.1, 0.15) is 35.9 Å². The molecule has 0 amide bonds. The number of halogens is 2. The predicted octanol–water partition coefficient (Wildman–Crippen LogP) is 6.47. The molecule has 0 radical (unpaired) electrons. The highest BCUT2D eigenvalue weighted by Gasteiger charge is 2.37. The maximum absolute atomic E-state index is 15.0. The zero-order valence-corrected chi connectivity index (χ0v) is 18.2. The summed E-state index contributed by atoms with van der Waals surface area (Å²) in [7, 11) is 1.63. The molecule has 0 saturated heterocycles. The third kappa shape index (κ3) is 3.63. The number of para-hydroxylation sites is 2. The van der Waals surface area contributed by atoms with Gasteiger partial charge < -0.3 is 15.4 Å². The average molecular weight is 449 g/mol.